The fraction of sp³-hybridized carbons (Fsp3) is 0.288. The molecule has 3 unspecified atom stereocenters. The van der Waals surface area contributed by atoms with E-state index in [1.165, 1.54) is 57.2 Å². The summed E-state index contributed by atoms with van der Waals surface area (Å²) >= 11 is 12.8. The van der Waals surface area contributed by atoms with Gasteiger partial charge < -0.3 is 53.3 Å². The van der Waals surface area contributed by atoms with Crippen molar-refractivity contribution in [3.05, 3.63) is 327 Å². The lowest BCUT2D eigenvalue weighted by atomic mass is 9.82. The third-order valence-corrected chi connectivity index (χ3v) is 28.0. The van der Waals surface area contributed by atoms with E-state index in [0.717, 1.165) is 123 Å². The Kier molecular flexibility index (Phi) is 42.8. The van der Waals surface area contributed by atoms with Crippen LogP contribution in [-0.4, -0.2) is 218 Å². The topological polar surface area (TPSA) is 319 Å². The Morgan fingerprint density at radius 1 is 0.354 bits per heavy atom. The summed E-state index contributed by atoms with van der Waals surface area (Å²) in [6.07, 6.45) is 2.57. The van der Waals surface area contributed by atoms with Crippen LogP contribution in [0.25, 0.3) is 113 Å². The van der Waals surface area contributed by atoms with Crippen LogP contribution in [-0.2, 0) is 57.8 Å². The minimum absolute atomic E-state index is 0. The molecule has 2 aromatic heterocycles. The zero-order valence-corrected chi connectivity index (χ0v) is 87.9. The van der Waals surface area contributed by atoms with Crippen LogP contribution in [0.2, 0.25) is 0 Å². The molecule has 147 heavy (non-hydrogen) atoms. The van der Waals surface area contributed by atoms with Gasteiger partial charge in [0.1, 0.15) is 54.3 Å². The number of ether oxygens (including phenoxy) is 6. The van der Waals surface area contributed by atoms with E-state index in [0.29, 0.717) is 58.0 Å². The molecule has 770 valence electrons. The number of nitrogens with zero attached hydrogens (tertiary/aromatic N) is 9. The second-order valence-corrected chi connectivity index (χ2v) is 42.3. The molecule has 29 heteroatoms. The van der Waals surface area contributed by atoms with E-state index in [1.54, 1.807) is 55.5 Å². The number of hydrogen-bond donors (Lipinski definition) is 2. The minimum atomic E-state index is -4.00. The average molecular weight is 2070 g/mol. The van der Waals surface area contributed by atoms with Crippen molar-refractivity contribution in [3.63, 3.8) is 0 Å². The molecule has 0 aliphatic rings. The van der Waals surface area contributed by atoms with Crippen molar-refractivity contribution in [1.29, 1.82) is 0 Å². The Labute approximate surface area is 874 Å². The van der Waals surface area contributed by atoms with Gasteiger partial charge in [0.15, 0.2) is 59.5 Å². The predicted molar refractivity (Wildman–Crippen MR) is 586 cm³/mol. The number of esters is 4. The van der Waals surface area contributed by atoms with Crippen molar-refractivity contribution in [2.75, 3.05) is 113 Å². The maximum Gasteiger partial charge on any atom is 0.333 e. The summed E-state index contributed by atoms with van der Waals surface area (Å²) in [6.45, 7) is 21.7. The number of rotatable bonds is 42. The van der Waals surface area contributed by atoms with Crippen molar-refractivity contribution < 1.29 is 74.6 Å². The number of sulfone groups is 2. The lowest BCUT2D eigenvalue weighted by Gasteiger charge is -2.33. The van der Waals surface area contributed by atoms with Crippen LogP contribution in [0.15, 0.2) is 325 Å². The smallest absolute Gasteiger partial charge is 0.333 e. The maximum absolute atomic E-state index is 13.6. The number of halogens is 2. The van der Waals surface area contributed by atoms with Gasteiger partial charge in [-0.1, -0.05) is 294 Å². The zero-order valence-electron chi connectivity index (χ0n) is 84.8. The van der Waals surface area contributed by atoms with Gasteiger partial charge in [-0.05, 0) is 189 Å². The van der Waals surface area contributed by atoms with Crippen molar-refractivity contribution in [2.45, 2.75) is 114 Å². The largest absolute Gasteiger partial charge is 0.507 e. The van der Waals surface area contributed by atoms with E-state index in [2.05, 4.69) is 80.8 Å². The Balaban J connectivity index is 0.000000236. The van der Waals surface area contributed by atoms with Crippen molar-refractivity contribution >= 4 is 66.8 Å². The average Bonchev–Trinajstić information content (AvgIpc) is 0.791. The third kappa shape index (κ3) is 34.5. The van der Waals surface area contributed by atoms with Gasteiger partial charge in [0.25, 0.3) is 0 Å². The summed E-state index contributed by atoms with van der Waals surface area (Å²) in [5.74, 6) is -1.13. The van der Waals surface area contributed by atoms with Crippen LogP contribution >= 0.6 is 23.2 Å². The summed E-state index contributed by atoms with van der Waals surface area (Å²) in [5, 5.41) is 22.4. The Bertz CT molecular complexity index is 6670. The van der Waals surface area contributed by atoms with E-state index in [9.17, 15) is 46.2 Å². The lowest BCUT2D eigenvalue weighted by molar-refractivity contribution is -0.156. The Morgan fingerprint density at radius 2 is 0.639 bits per heavy atom. The number of hydrogen-bond acceptors (Lipinski definition) is 25. The van der Waals surface area contributed by atoms with Gasteiger partial charge in [-0.3, -0.25) is 14.4 Å². The summed E-state index contributed by atoms with van der Waals surface area (Å²) in [4.78, 5) is 82.9. The molecule has 25 nitrogen and oxygen atoms in total. The first-order valence-electron chi connectivity index (χ1n) is 48.2. The minimum Gasteiger partial charge on any atom is -0.507 e. The van der Waals surface area contributed by atoms with E-state index < -0.39 is 70.2 Å². The molecule has 0 aliphatic carbocycles. The standard InChI is InChI=1S/C54H52ClN3O8S.C39H31N3O4.C15H21ClO4S.C9H23N3.CH4/c1-5-6-31-65-51(60)53(3,36-67(62,63)45-28-17-37(2)18-29-45)35-54(4,55)52(61)66-33-32-64-44-27-30-46(47(59)34-44)50-57-48(42-23-19-40(20-24-42)38-13-9-7-10-14-38)56-49(58-50)43-25-21-41(22-26-43)39-15-11-8-12-16-39;1-26(2)39(44)46-24-23-45-33-21-22-34(35(43)25-33)38-41-36(31-17-13-29(14-18-31)27-9-5-3-6-10-27)40-37(42-38)32-19-15-30(16-20-32)28-11-7-4-8-12-28;1-4-5-10-20-14(17)15(3,16)11-21(18,19)13-8-6-12(2)7-9-13;1-10(2)6-8-12(5)9-7-11(3)4;/h7-30,34,59H,5-6,31-33,35-36H2,1-4H3;3-22,25,43H,1,23-24H2,2H3;6-9H,4-5,10-11H2,1-3H3;6-9H2,1-5H3;1H4. The molecule has 2 N–H and O–H groups in total. The van der Waals surface area contributed by atoms with Gasteiger partial charge >= 0.3 is 23.9 Å². The maximum atomic E-state index is 13.6. The Hall–Kier alpha value is -14.2. The van der Waals surface area contributed by atoms with E-state index >= 15 is 0 Å². The van der Waals surface area contributed by atoms with Crippen LogP contribution in [0.4, 0.5) is 0 Å². The molecule has 0 saturated heterocycles. The first-order chi connectivity index (χ1) is 69.8. The molecule has 0 radical (unpaired) electrons. The molecule has 3 atom stereocenters. The molecule has 14 aromatic rings. The highest BCUT2D eigenvalue weighted by Gasteiger charge is 2.49. The number of phenols is 2. The van der Waals surface area contributed by atoms with Gasteiger partial charge in [-0.15, -0.1) is 23.2 Å². The fourth-order valence-corrected chi connectivity index (χ4v) is 19.2. The quantitative estimate of drug-likeness (QED) is 0.0118. The molecule has 2 heterocycles. The van der Waals surface area contributed by atoms with Crippen molar-refractivity contribution in [2.24, 2.45) is 5.41 Å². The normalized spacial score (nSPS) is 12.4. The van der Waals surface area contributed by atoms with Crippen LogP contribution in [0.5, 0.6) is 23.0 Å². The molecule has 0 amide bonds. The SMILES string of the molecule is C.C=C(C)C(=O)OCCOc1ccc(-c2nc(-c3ccc(-c4ccccc4)cc3)nc(-c3ccc(-c4ccccc4)cc3)n2)c(O)c1.CCCCOC(=O)C(C)(CC(C)(Cl)C(=O)OCCOc1ccc(-c2nc(-c3ccc(-c4ccccc4)cc3)nc(-c3ccc(-c4ccccc4)cc3)n2)c(O)c1)CS(=O)(=O)c1ccc(C)cc1.CCCCOC(=O)C(C)(Cl)CS(=O)(=O)c1ccc(C)cc1.CN(C)CCN(C)CCN(C)C. The lowest BCUT2D eigenvalue weighted by Crippen LogP contribution is -2.45. The molecule has 0 saturated carbocycles. The van der Waals surface area contributed by atoms with E-state index in [-0.39, 0.29) is 86.4 Å². The molecule has 14 rings (SSSR count). The monoisotopic (exact) mass is 2060 g/mol. The molecular weight excluding hydrogens is 1930 g/mol. The number of aromatic hydroxyl groups is 2. The predicted octanol–water partition coefficient (Wildman–Crippen LogP) is 23.6. The van der Waals surface area contributed by atoms with Crippen LogP contribution in [0.3, 0.4) is 0 Å². The molecule has 0 fully saturated rings. The summed E-state index contributed by atoms with van der Waals surface area (Å²) in [7, 11) is 2.98. The highest BCUT2D eigenvalue weighted by Crippen LogP contribution is 2.41. The second-order valence-electron chi connectivity index (χ2n) is 36.7. The molecule has 0 bridgehead atoms. The number of alkyl halides is 2. The number of likely N-dealkylation sites (N-methyl/N-ethyl adjacent to an activating group) is 3. The van der Waals surface area contributed by atoms with Crippen LogP contribution < -0.4 is 9.47 Å². The first kappa shape index (κ1) is 115. The van der Waals surface area contributed by atoms with E-state index in [1.807, 2.05) is 222 Å². The summed E-state index contributed by atoms with van der Waals surface area (Å²) < 4.78 is 84.3. The number of unbranched alkanes of at least 4 members (excludes halogenated alkanes) is 2. The van der Waals surface area contributed by atoms with Gasteiger partial charge in [0.2, 0.25) is 0 Å². The molecule has 0 aliphatic heterocycles. The van der Waals surface area contributed by atoms with Gasteiger partial charge in [0.05, 0.1) is 51.1 Å². The van der Waals surface area contributed by atoms with Crippen molar-refractivity contribution in [1.82, 2.24) is 44.6 Å². The Morgan fingerprint density at radius 3 is 0.952 bits per heavy atom. The van der Waals surface area contributed by atoms with E-state index in [4.69, 9.17) is 81.5 Å². The highest BCUT2D eigenvalue weighted by atomic mass is 35.5. The van der Waals surface area contributed by atoms with Gasteiger partial charge in [0, 0.05) is 66.1 Å². The van der Waals surface area contributed by atoms with Crippen LogP contribution in [0.1, 0.15) is 92.2 Å². The number of carbonyl (C=O) groups is 4. The number of benzene rings is 12. The van der Waals surface area contributed by atoms with Gasteiger partial charge in [-0.25, -0.2) is 51.5 Å². The first-order valence-corrected chi connectivity index (χ1v) is 52.2. The zero-order chi connectivity index (χ0) is 105. The summed E-state index contributed by atoms with van der Waals surface area (Å²) in [6, 6.07) is 94.7. The van der Waals surface area contributed by atoms with Crippen LogP contribution in [0, 0.1) is 19.3 Å². The highest BCUT2D eigenvalue weighted by molar-refractivity contribution is 7.91. The molecular formula is C118H131Cl2N9O16S2. The third-order valence-electron chi connectivity index (χ3n) is 23.3. The number of phenolic OH excluding ortho intramolecular Hbond substituents is 2. The van der Waals surface area contributed by atoms with Crippen molar-refractivity contribution in [3.8, 4) is 136 Å². The molecule has 12 aromatic carbocycles. The summed E-state index contributed by atoms with van der Waals surface area (Å²) in [5.41, 5.74) is 13.0. The second kappa shape index (κ2) is 54.9. The number of carbonyl (C=O) groups excluding carboxylic acids is 4. The van der Waals surface area contributed by atoms with Gasteiger partial charge in [-0.2, -0.15) is 0 Å². The number of aryl methyl sites for hydroxylation is 2. The number of aromatic nitrogens is 6. The molecule has 0 spiro atoms. The fourth-order valence-electron chi connectivity index (χ4n) is 15.0.